The Morgan fingerprint density at radius 2 is 2.06 bits per heavy atom. The number of benzene rings is 1. The number of anilines is 1. The van der Waals surface area contributed by atoms with Crippen molar-refractivity contribution in [2.75, 3.05) is 5.32 Å². The average molecular weight is 238 g/mol. The fourth-order valence-electron chi connectivity index (χ4n) is 1.53. The lowest BCUT2D eigenvalue weighted by atomic mass is 10.2. The van der Waals surface area contributed by atoms with E-state index in [0.29, 0.717) is 0 Å². The summed E-state index contributed by atoms with van der Waals surface area (Å²) in [6.07, 6.45) is 6.65. The average Bonchev–Trinajstić information content (AvgIpc) is 2.40. The zero-order valence-corrected chi connectivity index (χ0v) is 10.1. The molecule has 0 radical (unpaired) electrons. The second-order valence-electron chi connectivity index (χ2n) is 3.92. The van der Waals surface area contributed by atoms with Crippen LogP contribution in [0.3, 0.4) is 0 Å². The van der Waals surface area contributed by atoms with Gasteiger partial charge in [-0.3, -0.25) is 9.78 Å². The molecule has 2 aromatic rings. The van der Waals surface area contributed by atoms with Crippen LogP contribution >= 0.6 is 0 Å². The van der Waals surface area contributed by atoms with Crippen LogP contribution in [0.5, 0.6) is 0 Å². The summed E-state index contributed by atoms with van der Waals surface area (Å²) in [6.45, 7) is 1.96. The van der Waals surface area contributed by atoms with E-state index < -0.39 is 0 Å². The third-order valence-corrected chi connectivity index (χ3v) is 2.51. The molecule has 2 rings (SSSR count). The number of pyridine rings is 1. The van der Waals surface area contributed by atoms with Crippen molar-refractivity contribution in [2.45, 2.75) is 6.92 Å². The molecule has 90 valence electrons. The van der Waals surface area contributed by atoms with Crippen molar-refractivity contribution in [3.63, 3.8) is 0 Å². The lowest BCUT2D eigenvalue weighted by Crippen LogP contribution is -2.08. The highest BCUT2D eigenvalue weighted by Crippen LogP contribution is 2.13. The molecule has 0 atom stereocenters. The molecule has 0 saturated heterocycles. The molecule has 0 saturated carbocycles. The van der Waals surface area contributed by atoms with Crippen LogP contribution < -0.4 is 5.32 Å². The molecule has 0 fully saturated rings. The third-order valence-electron chi connectivity index (χ3n) is 2.51. The van der Waals surface area contributed by atoms with Gasteiger partial charge in [-0.1, -0.05) is 24.3 Å². The number of nitrogens with one attached hydrogen (secondary N) is 1. The topological polar surface area (TPSA) is 42.0 Å². The minimum atomic E-state index is -0.145. The van der Waals surface area contributed by atoms with Crippen LogP contribution in [0.4, 0.5) is 5.69 Å². The van der Waals surface area contributed by atoms with Gasteiger partial charge in [-0.05, 0) is 36.3 Å². The second kappa shape index (κ2) is 5.77. The molecule has 1 amide bonds. The maximum atomic E-state index is 11.7. The van der Waals surface area contributed by atoms with E-state index in [4.69, 9.17) is 0 Å². The first-order chi connectivity index (χ1) is 8.75. The van der Waals surface area contributed by atoms with E-state index >= 15 is 0 Å². The second-order valence-corrected chi connectivity index (χ2v) is 3.92. The Hall–Kier alpha value is -2.42. The van der Waals surface area contributed by atoms with Crippen molar-refractivity contribution >= 4 is 17.7 Å². The fourth-order valence-corrected chi connectivity index (χ4v) is 1.53. The quantitative estimate of drug-likeness (QED) is 0.835. The molecular weight excluding hydrogens is 224 g/mol. The van der Waals surface area contributed by atoms with Crippen molar-refractivity contribution in [1.82, 2.24) is 4.98 Å². The minimum absolute atomic E-state index is 0.145. The predicted molar refractivity (Wildman–Crippen MR) is 73.1 cm³/mol. The number of hydrogen-bond donors (Lipinski definition) is 1. The van der Waals surface area contributed by atoms with Gasteiger partial charge in [0.2, 0.25) is 5.91 Å². The number of carbonyl (C=O) groups excluding carboxylic acids is 1. The first kappa shape index (κ1) is 12.0. The lowest BCUT2D eigenvalue weighted by Gasteiger charge is -2.05. The molecule has 0 unspecified atom stereocenters. The summed E-state index contributed by atoms with van der Waals surface area (Å²) in [4.78, 5) is 15.7. The van der Waals surface area contributed by atoms with E-state index in [1.807, 2.05) is 43.3 Å². The van der Waals surface area contributed by atoms with Gasteiger partial charge in [0.15, 0.2) is 0 Å². The van der Waals surface area contributed by atoms with Gasteiger partial charge in [-0.25, -0.2) is 0 Å². The Labute approximate surface area is 106 Å². The number of hydrogen-bond acceptors (Lipinski definition) is 2. The molecule has 0 spiro atoms. The van der Waals surface area contributed by atoms with Crippen molar-refractivity contribution in [3.05, 3.63) is 66.0 Å². The molecular formula is C15H14N2O. The summed E-state index contributed by atoms with van der Waals surface area (Å²) in [6, 6.07) is 11.4. The lowest BCUT2D eigenvalue weighted by molar-refractivity contribution is -0.111. The molecule has 0 aliphatic rings. The Balaban J connectivity index is 2.02. The fraction of sp³-hybridized carbons (Fsp3) is 0.0667. The highest BCUT2D eigenvalue weighted by atomic mass is 16.1. The molecule has 1 N–H and O–H groups in total. The highest BCUT2D eigenvalue weighted by molar-refractivity contribution is 6.02. The molecule has 0 aliphatic heterocycles. The summed E-state index contributed by atoms with van der Waals surface area (Å²) < 4.78 is 0. The van der Waals surface area contributed by atoms with Crippen LogP contribution in [0.15, 0.2) is 54.9 Å². The highest BCUT2D eigenvalue weighted by Gasteiger charge is 1.99. The Morgan fingerprint density at radius 3 is 2.78 bits per heavy atom. The number of para-hydroxylation sites is 1. The molecule has 0 aliphatic carbocycles. The Kier molecular flexibility index (Phi) is 3.86. The molecule has 18 heavy (non-hydrogen) atoms. The summed E-state index contributed by atoms with van der Waals surface area (Å²) in [5.74, 6) is -0.145. The molecule has 1 aromatic carbocycles. The van der Waals surface area contributed by atoms with Crippen molar-refractivity contribution in [1.29, 1.82) is 0 Å². The van der Waals surface area contributed by atoms with E-state index in [-0.39, 0.29) is 5.91 Å². The molecule has 3 heteroatoms. The van der Waals surface area contributed by atoms with Crippen molar-refractivity contribution < 1.29 is 4.79 Å². The van der Waals surface area contributed by atoms with Crippen LogP contribution in [0.25, 0.3) is 6.08 Å². The molecule has 0 bridgehead atoms. The van der Waals surface area contributed by atoms with Crippen molar-refractivity contribution in [3.8, 4) is 0 Å². The maximum absolute atomic E-state index is 11.7. The summed E-state index contributed by atoms with van der Waals surface area (Å²) in [7, 11) is 0. The predicted octanol–water partition coefficient (Wildman–Crippen LogP) is 3.04. The standard InChI is InChI=1S/C15H14N2O/c1-12-5-2-3-7-14(12)17-15(18)9-8-13-6-4-10-16-11-13/h2-11H,1H3,(H,17,18)/b9-8+. The summed E-state index contributed by atoms with van der Waals surface area (Å²) in [5.41, 5.74) is 2.77. The van der Waals surface area contributed by atoms with Gasteiger partial charge in [0.1, 0.15) is 0 Å². The number of carbonyl (C=O) groups is 1. The van der Waals surface area contributed by atoms with Gasteiger partial charge in [-0.2, -0.15) is 0 Å². The number of amides is 1. The number of nitrogens with zero attached hydrogens (tertiary/aromatic N) is 1. The normalized spacial score (nSPS) is 10.5. The smallest absolute Gasteiger partial charge is 0.248 e. The van der Waals surface area contributed by atoms with Crippen molar-refractivity contribution in [2.24, 2.45) is 0 Å². The summed E-state index contributed by atoms with van der Waals surface area (Å²) >= 11 is 0. The molecule has 1 heterocycles. The monoisotopic (exact) mass is 238 g/mol. The first-order valence-corrected chi connectivity index (χ1v) is 5.70. The number of aromatic nitrogens is 1. The van der Waals surface area contributed by atoms with Gasteiger partial charge in [0.25, 0.3) is 0 Å². The first-order valence-electron chi connectivity index (χ1n) is 5.70. The number of aryl methyl sites for hydroxylation is 1. The van der Waals surface area contributed by atoms with E-state index in [0.717, 1.165) is 16.8 Å². The van der Waals surface area contributed by atoms with Gasteiger partial charge in [0, 0.05) is 24.2 Å². The Morgan fingerprint density at radius 1 is 1.22 bits per heavy atom. The van der Waals surface area contributed by atoms with Crippen LogP contribution in [0, 0.1) is 6.92 Å². The summed E-state index contributed by atoms with van der Waals surface area (Å²) in [5, 5.41) is 2.83. The maximum Gasteiger partial charge on any atom is 0.248 e. The molecule has 3 nitrogen and oxygen atoms in total. The van der Waals surface area contributed by atoms with E-state index in [1.165, 1.54) is 6.08 Å². The largest absolute Gasteiger partial charge is 0.322 e. The van der Waals surface area contributed by atoms with Crippen LogP contribution in [-0.2, 0) is 4.79 Å². The van der Waals surface area contributed by atoms with E-state index in [1.54, 1.807) is 18.5 Å². The van der Waals surface area contributed by atoms with Gasteiger partial charge < -0.3 is 5.32 Å². The van der Waals surface area contributed by atoms with E-state index in [2.05, 4.69) is 10.3 Å². The SMILES string of the molecule is Cc1ccccc1NC(=O)/C=C/c1cccnc1. The number of rotatable bonds is 3. The zero-order chi connectivity index (χ0) is 12.8. The minimum Gasteiger partial charge on any atom is -0.322 e. The Bertz CT molecular complexity index is 562. The van der Waals surface area contributed by atoms with E-state index in [9.17, 15) is 4.79 Å². The van der Waals surface area contributed by atoms with Crippen LogP contribution in [-0.4, -0.2) is 10.9 Å². The van der Waals surface area contributed by atoms with Crippen LogP contribution in [0.2, 0.25) is 0 Å². The van der Waals surface area contributed by atoms with Gasteiger partial charge in [-0.15, -0.1) is 0 Å². The van der Waals surface area contributed by atoms with Gasteiger partial charge in [0.05, 0.1) is 0 Å². The molecule has 1 aromatic heterocycles. The van der Waals surface area contributed by atoms with Gasteiger partial charge >= 0.3 is 0 Å². The van der Waals surface area contributed by atoms with Crippen LogP contribution in [0.1, 0.15) is 11.1 Å². The zero-order valence-electron chi connectivity index (χ0n) is 10.1. The third kappa shape index (κ3) is 3.28.